The summed E-state index contributed by atoms with van der Waals surface area (Å²) in [6.45, 7) is 6.15. The molecule has 0 aliphatic heterocycles. The molecule has 0 saturated heterocycles. The lowest BCUT2D eigenvalue weighted by molar-refractivity contribution is 0.551. The fraction of sp³-hybridized carbons (Fsp3) is 0.375. The van der Waals surface area contributed by atoms with E-state index in [0.29, 0.717) is 22.4 Å². The molecule has 5 heteroatoms. The van der Waals surface area contributed by atoms with Gasteiger partial charge in [0.05, 0.1) is 0 Å². The molecule has 0 spiro atoms. The summed E-state index contributed by atoms with van der Waals surface area (Å²) < 4.78 is 0. The van der Waals surface area contributed by atoms with Crippen molar-refractivity contribution >= 4 is 23.2 Å². The van der Waals surface area contributed by atoms with E-state index >= 15 is 0 Å². The fourth-order valence-corrected chi connectivity index (χ4v) is 2.38. The molecule has 0 saturated carbocycles. The van der Waals surface area contributed by atoms with Gasteiger partial charge in [0.15, 0.2) is 0 Å². The molecule has 0 unspecified atom stereocenters. The first-order valence-corrected chi connectivity index (χ1v) is 7.74. The van der Waals surface area contributed by atoms with Gasteiger partial charge in [-0.05, 0) is 30.2 Å². The number of benzene rings is 1. The van der Waals surface area contributed by atoms with Crippen LogP contribution in [0.2, 0.25) is 10.0 Å². The molecule has 0 aliphatic carbocycles. The van der Waals surface area contributed by atoms with Crippen molar-refractivity contribution in [3.8, 4) is 0 Å². The van der Waals surface area contributed by atoms with Gasteiger partial charge < -0.3 is 5.32 Å². The molecule has 0 radical (unpaired) electrons. The predicted molar refractivity (Wildman–Crippen MR) is 87.8 cm³/mol. The zero-order valence-corrected chi connectivity index (χ0v) is 13.7. The van der Waals surface area contributed by atoms with Crippen LogP contribution in [-0.2, 0) is 13.0 Å². The Morgan fingerprint density at radius 3 is 2.48 bits per heavy atom. The highest BCUT2D eigenvalue weighted by molar-refractivity contribution is 6.35. The normalized spacial score (nSPS) is 11.1. The minimum Gasteiger partial charge on any atom is -0.312 e. The summed E-state index contributed by atoms with van der Waals surface area (Å²) in [4.78, 5) is 8.79. The quantitative estimate of drug-likeness (QED) is 0.868. The molecule has 1 N–H and O–H groups in total. The predicted octanol–water partition coefficient (Wildman–Crippen LogP) is 4.12. The lowest BCUT2D eigenvalue weighted by Crippen LogP contribution is -2.19. The Balaban J connectivity index is 1.95. The number of hydrogen-bond donors (Lipinski definition) is 1. The molecule has 1 aromatic carbocycles. The Kier molecular flexibility index (Phi) is 5.97. The van der Waals surface area contributed by atoms with Crippen LogP contribution in [0.4, 0.5) is 0 Å². The average Bonchev–Trinajstić information content (AvgIpc) is 2.43. The highest BCUT2D eigenvalue weighted by atomic mass is 35.5. The summed E-state index contributed by atoms with van der Waals surface area (Å²) in [6.07, 6.45) is 4.33. The molecule has 112 valence electrons. The van der Waals surface area contributed by atoms with Gasteiger partial charge >= 0.3 is 0 Å². The van der Waals surface area contributed by atoms with Gasteiger partial charge in [-0.2, -0.15) is 0 Å². The van der Waals surface area contributed by atoms with Gasteiger partial charge in [-0.3, -0.25) is 0 Å². The van der Waals surface area contributed by atoms with E-state index < -0.39 is 0 Å². The molecule has 2 aromatic rings. The van der Waals surface area contributed by atoms with Crippen LogP contribution < -0.4 is 5.32 Å². The van der Waals surface area contributed by atoms with Crippen LogP contribution in [0.5, 0.6) is 0 Å². The van der Waals surface area contributed by atoms with Crippen molar-refractivity contribution < 1.29 is 0 Å². The van der Waals surface area contributed by atoms with E-state index in [-0.39, 0.29) is 0 Å². The molecule has 0 atom stereocenters. The lowest BCUT2D eigenvalue weighted by Gasteiger charge is -2.08. The van der Waals surface area contributed by atoms with Crippen molar-refractivity contribution in [2.45, 2.75) is 26.8 Å². The minimum atomic E-state index is 0.607. The van der Waals surface area contributed by atoms with E-state index in [1.165, 1.54) is 0 Å². The molecule has 21 heavy (non-hydrogen) atoms. The second-order valence-electron chi connectivity index (χ2n) is 5.44. The third-order valence-electron chi connectivity index (χ3n) is 3.00. The van der Waals surface area contributed by atoms with E-state index in [0.717, 1.165) is 30.0 Å². The number of nitrogens with one attached hydrogen (secondary N) is 1. The van der Waals surface area contributed by atoms with Crippen molar-refractivity contribution in [3.63, 3.8) is 0 Å². The van der Waals surface area contributed by atoms with Crippen LogP contribution in [0.3, 0.4) is 0 Å². The van der Waals surface area contributed by atoms with E-state index in [4.69, 9.17) is 23.2 Å². The molecule has 0 bridgehead atoms. The van der Waals surface area contributed by atoms with Gasteiger partial charge in [0, 0.05) is 41.0 Å². The highest BCUT2D eigenvalue weighted by Gasteiger charge is 2.05. The summed E-state index contributed by atoms with van der Waals surface area (Å²) in [6, 6.07) is 5.47. The molecule has 3 nitrogen and oxygen atoms in total. The topological polar surface area (TPSA) is 37.8 Å². The number of nitrogens with zero attached hydrogens (tertiary/aromatic N) is 2. The second kappa shape index (κ2) is 7.74. The molecule has 2 rings (SSSR count). The van der Waals surface area contributed by atoms with E-state index in [1.54, 1.807) is 6.07 Å². The molecular formula is C16H19Cl2N3. The summed E-state index contributed by atoms with van der Waals surface area (Å²) in [7, 11) is 0. The zero-order chi connectivity index (χ0) is 15.2. The number of rotatable bonds is 6. The van der Waals surface area contributed by atoms with Gasteiger partial charge in [0.1, 0.15) is 5.82 Å². The third-order valence-corrected chi connectivity index (χ3v) is 3.59. The Morgan fingerprint density at radius 2 is 1.86 bits per heavy atom. The Bertz CT molecular complexity index is 583. The average molecular weight is 324 g/mol. The van der Waals surface area contributed by atoms with Crippen LogP contribution >= 0.6 is 23.2 Å². The van der Waals surface area contributed by atoms with Crippen LogP contribution in [0, 0.1) is 5.92 Å². The minimum absolute atomic E-state index is 0.607. The van der Waals surface area contributed by atoms with Crippen molar-refractivity contribution in [3.05, 3.63) is 57.6 Å². The molecular weight excluding hydrogens is 305 g/mol. The maximum absolute atomic E-state index is 6.16. The Morgan fingerprint density at radius 1 is 1.14 bits per heavy atom. The monoisotopic (exact) mass is 323 g/mol. The van der Waals surface area contributed by atoms with Crippen molar-refractivity contribution in [1.82, 2.24) is 15.3 Å². The van der Waals surface area contributed by atoms with Gasteiger partial charge in [-0.25, -0.2) is 9.97 Å². The molecule has 0 fully saturated rings. The zero-order valence-electron chi connectivity index (χ0n) is 12.2. The van der Waals surface area contributed by atoms with Crippen LogP contribution in [0.15, 0.2) is 30.6 Å². The second-order valence-corrected chi connectivity index (χ2v) is 6.29. The van der Waals surface area contributed by atoms with Crippen LogP contribution in [0.25, 0.3) is 0 Å². The molecule has 0 amide bonds. The SMILES string of the molecule is CC(C)CNCc1cnc(Cc2ccc(Cl)cc2Cl)nc1. The summed E-state index contributed by atoms with van der Waals surface area (Å²) in [5, 5.41) is 4.65. The van der Waals surface area contributed by atoms with Crippen molar-refractivity contribution in [2.24, 2.45) is 5.92 Å². The first kappa shape index (κ1) is 16.2. The summed E-state index contributed by atoms with van der Waals surface area (Å²) in [5.41, 5.74) is 2.06. The number of halogens is 2. The van der Waals surface area contributed by atoms with Crippen LogP contribution in [-0.4, -0.2) is 16.5 Å². The van der Waals surface area contributed by atoms with Crippen molar-refractivity contribution in [1.29, 1.82) is 0 Å². The van der Waals surface area contributed by atoms with E-state index in [2.05, 4.69) is 29.1 Å². The van der Waals surface area contributed by atoms with Gasteiger partial charge in [-0.15, -0.1) is 0 Å². The molecule has 1 heterocycles. The highest BCUT2D eigenvalue weighted by Crippen LogP contribution is 2.22. The maximum Gasteiger partial charge on any atom is 0.132 e. The number of hydrogen-bond acceptors (Lipinski definition) is 3. The first-order valence-electron chi connectivity index (χ1n) is 6.99. The van der Waals surface area contributed by atoms with E-state index in [9.17, 15) is 0 Å². The fourth-order valence-electron chi connectivity index (χ4n) is 1.90. The Labute approximate surface area is 135 Å². The lowest BCUT2D eigenvalue weighted by atomic mass is 10.1. The number of aromatic nitrogens is 2. The van der Waals surface area contributed by atoms with Gasteiger partial charge in [0.2, 0.25) is 0 Å². The van der Waals surface area contributed by atoms with Gasteiger partial charge in [-0.1, -0.05) is 43.1 Å². The smallest absolute Gasteiger partial charge is 0.132 e. The van der Waals surface area contributed by atoms with E-state index in [1.807, 2.05) is 24.5 Å². The third kappa shape index (κ3) is 5.27. The van der Waals surface area contributed by atoms with Crippen molar-refractivity contribution in [2.75, 3.05) is 6.54 Å². The van der Waals surface area contributed by atoms with Crippen LogP contribution in [0.1, 0.15) is 30.8 Å². The van der Waals surface area contributed by atoms with Gasteiger partial charge in [0.25, 0.3) is 0 Å². The molecule has 0 aliphatic rings. The standard InChI is InChI=1S/C16H19Cl2N3/c1-11(2)7-19-8-12-9-20-16(21-10-12)5-13-3-4-14(17)6-15(13)18/h3-4,6,9-11,19H,5,7-8H2,1-2H3. The first-order chi connectivity index (χ1) is 10.0. The summed E-state index contributed by atoms with van der Waals surface area (Å²) in [5.74, 6) is 1.39. The largest absolute Gasteiger partial charge is 0.312 e. The maximum atomic E-state index is 6.16. The molecule has 1 aromatic heterocycles. The Hall–Kier alpha value is -1.16. The summed E-state index contributed by atoms with van der Waals surface area (Å²) >= 11 is 12.0.